The van der Waals surface area contributed by atoms with Crippen LogP contribution in [-0.2, 0) is 9.59 Å². The summed E-state index contributed by atoms with van der Waals surface area (Å²) in [5.74, 6) is -1.08. The van der Waals surface area contributed by atoms with Gasteiger partial charge in [0.25, 0.3) is 11.7 Å². The van der Waals surface area contributed by atoms with Crippen molar-refractivity contribution in [1.29, 1.82) is 0 Å². The van der Waals surface area contributed by atoms with E-state index in [-0.39, 0.29) is 17.4 Å². The summed E-state index contributed by atoms with van der Waals surface area (Å²) in [6.45, 7) is 7.64. The van der Waals surface area contributed by atoms with E-state index in [1.54, 1.807) is 48.8 Å². The number of carbonyl (C=O) groups excluding carboxylic acids is 2. The lowest BCUT2D eigenvalue weighted by atomic mass is 9.95. The zero-order chi connectivity index (χ0) is 23.7. The molecule has 0 aliphatic carbocycles. The van der Waals surface area contributed by atoms with Crippen molar-refractivity contribution in [3.63, 3.8) is 0 Å². The molecule has 1 saturated heterocycles. The number of benzene rings is 2. The molecule has 0 radical (unpaired) electrons. The Bertz CT molecular complexity index is 1250. The number of aromatic nitrogens is 1. The van der Waals surface area contributed by atoms with Crippen LogP contribution >= 0.6 is 0 Å². The summed E-state index contributed by atoms with van der Waals surface area (Å²) >= 11 is 0. The smallest absolute Gasteiger partial charge is 0.300 e. The molecule has 0 spiro atoms. The number of amides is 1. The molecule has 1 amide bonds. The van der Waals surface area contributed by atoms with Crippen LogP contribution in [0.1, 0.15) is 42.1 Å². The number of hydrogen-bond donors (Lipinski definition) is 1. The van der Waals surface area contributed by atoms with E-state index in [9.17, 15) is 14.7 Å². The molecule has 1 unspecified atom stereocenters. The fraction of sp³-hybridized carbons (Fsp3) is 0.222. The number of Topliss-reactive ketones (excluding diaryl/α,β-unsaturated/α-hetero) is 1. The molecule has 33 heavy (non-hydrogen) atoms. The number of aliphatic hydroxyl groups excluding tert-OH is 1. The molecule has 2 aromatic carbocycles. The quantitative estimate of drug-likeness (QED) is 0.337. The predicted octanol–water partition coefficient (Wildman–Crippen LogP) is 5.11. The van der Waals surface area contributed by atoms with Crippen LogP contribution in [0.3, 0.4) is 0 Å². The van der Waals surface area contributed by atoms with Gasteiger partial charge in [0.1, 0.15) is 11.5 Å². The SMILES string of the molecule is Cc1ccc(C)c(N2C(=O)C(=O)/C(=C(/O)c3cccc(OC(C)C)c3)C2c2ccncc2)c1. The maximum atomic E-state index is 13.3. The Morgan fingerprint density at radius 1 is 1.03 bits per heavy atom. The van der Waals surface area contributed by atoms with Gasteiger partial charge in [-0.05, 0) is 74.7 Å². The van der Waals surface area contributed by atoms with Crippen LogP contribution in [0.15, 0.2) is 72.6 Å². The first kappa shape index (κ1) is 22.3. The summed E-state index contributed by atoms with van der Waals surface area (Å²) in [5.41, 5.74) is 3.58. The van der Waals surface area contributed by atoms with Crippen LogP contribution in [0.5, 0.6) is 5.75 Å². The zero-order valence-electron chi connectivity index (χ0n) is 19.1. The molecular weight excluding hydrogens is 416 g/mol. The van der Waals surface area contributed by atoms with Gasteiger partial charge in [-0.15, -0.1) is 0 Å². The lowest BCUT2D eigenvalue weighted by Gasteiger charge is -2.27. The fourth-order valence-corrected chi connectivity index (χ4v) is 4.07. The van der Waals surface area contributed by atoms with Crippen LogP contribution in [0.4, 0.5) is 5.69 Å². The van der Waals surface area contributed by atoms with E-state index in [0.29, 0.717) is 22.6 Å². The van der Waals surface area contributed by atoms with Gasteiger partial charge in [-0.25, -0.2) is 0 Å². The van der Waals surface area contributed by atoms with Crippen LogP contribution in [0.2, 0.25) is 0 Å². The minimum atomic E-state index is -0.789. The Morgan fingerprint density at radius 2 is 1.76 bits per heavy atom. The molecule has 1 aliphatic rings. The highest BCUT2D eigenvalue weighted by molar-refractivity contribution is 6.51. The predicted molar refractivity (Wildman–Crippen MR) is 127 cm³/mol. The summed E-state index contributed by atoms with van der Waals surface area (Å²) in [7, 11) is 0. The molecule has 1 aromatic heterocycles. The summed E-state index contributed by atoms with van der Waals surface area (Å²) in [5, 5.41) is 11.3. The van der Waals surface area contributed by atoms with E-state index >= 15 is 0 Å². The maximum Gasteiger partial charge on any atom is 0.300 e. The molecule has 168 valence electrons. The van der Waals surface area contributed by atoms with Crippen molar-refractivity contribution in [3.05, 3.63) is 94.8 Å². The number of rotatable bonds is 5. The van der Waals surface area contributed by atoms with E-state index in [2.05, 4.69) is 4.98 Å². The van der Waals surface area contributed by atoms with Crippen molar-refractivity contribution in [1.82, 2.24) is 4.98 Å². The lowest BCUT2D eigenvalue weighted by molar-refractivity contribution is -0.132. The Labute approximate surface area is 193 Å². The number of ether oxygens (including phenoxy) is 1. The second-order valence-corrected chi connectivity index (χ2v) is 8.43. The number of ketones is 1. The van der Waals surface area contributed by atoms with Gasteiger partial charge in [0, 0.05) is 23.6 Å². The van der Waals surface area contributed by atoms with E-state index in [1.807, 2.05) is 45.9 Å². The number of aliphatic hydroxyl groups is 1. The first-order chi connectivity index (χ1) is 15.8. The van der Waals surface area contributed by atoms with E-state index < -0.39 is 17.7 Å². The van der Waals surface area contributed by atoms with Gasteiger partial charge in [-0.2, -0.15) is 0 Å². The van der Waals surface area contributed by atoms with Crippen LogP contribution in [0.25, 0.3) is 5.76 Å². The van der Waals surface area contributed by atoms with Crippen molar-refractivity contribution < 1.29 is 19.4 Å². The number of nitrogens with zero attached hydrogens (tertiary/aromatic N) is 2. The fourth-order valence-electron chi connectivity index (χ4n) is 4.07. The standard InChI is InChI=1S/C27H26N2O4/c1-16(2)33-21-7-5-6-20(15-21)25(30)23-24(19-10-12-28-13-11-19)29(27(32)26(23)31)22-14-17(3)8-9-18(22)4/h5-16,24,30H,1-4H3/b25-23+. The van der Waals surface area contributed by atoms with E-state index in [1.165, 1.54) is 4.90 Å². The van der Waals surface area contributed by atoms with Gasteiger partial charge in [-0.1, -0.05) is 24.3 Å². The normalized spacial score (nSPS) is 17.6. The molecule has 1 N–H and O–H groups in total. The van der Waals surface area contributed by atoms with Gasteiger partial charge in [-0.3, -0.25) is 19.5 Å². The average Bonchev–Trinajstić information content (AvgIpc) is 3.06. The van der Waals surface area contributed by atoms with Gasteiger partial charge < -0.3 is 9.84 Å². The summed E-state index contributed by atoms with van der Waals surface area (Å²) < 4.78 is 5.74. The van der Waals surface area contributed by atoms with Crippen LogP contribution in [-0.4, -0.2) is 27.9 Å². The lowest BCUT2D eigenvalue weighted by Crippen LogP contribution is -2.30. The Balaban J connectivity index is 1.93. The highest BCUT2D eigenvalue weighted by Gasteiger charge is 2.47. The largest absolute Gasteiger partial charge is 0.507 e. The Kier molecular flexibility index (Phi) is 6.01. The van der Waals surface area contributed by atoms with Crippen molar-refractivity contribution in [2.24, 2.45) is 0 Å². The minimum absolute atomic E-state index is 0.0359. The van der Waals surface area contributed by atoms with Gasteiger partial charge in [0.05, 0.1) is 17.7 Å². The summed E-state index contributed by atoms with van der Waals surface area (Å²) in [4.78, 5) is 32.1. The second kappa shape index (κ2) is 8.90. The Morgan fingerprint density at radius 3 is 2.45 bits per heavy atom. The van der Waals surface area contributed by atoms with Crippen molar-refractivity contribution in [2.45, 2.75) is 39.8 Å². The molecule has 4 rings (SSSR count). The molecule has 0 saturated carbocycles. The highest BCUT2D eigenvalue weighted by atomic mass is 16.5. The summed E-state index contributed by atoms with van der Waals surface area (Å²) in [6.07, 6.45) is 3.17. The van der Waals surface area contributed by atoms with Crippen molar-refractivity contribution in [2.75, 3.05) is 4.90 Å². The maximum absolute atomic E-state index is 13.3. The third-order valence-corrected chi connectivity index (χ3v) is 5.57. The number of pyridine rings is 1. The van der Waals surface area contributed by atoms with Gasteiger partial charge in [0.2, 0.25) is 0 Å². The first-order valence-electron chi connectivity index (χ1n) is 10.8. The first-order valence-corrected chi connectivity index (χ1v) is 10.8. The molecule has 6 heteroatoms. The molecule has 1 fully saturated rings. The molecule has 3 aromatic rings. The second-order valence-electron chi connectivity index (χ2n) is 8.43. The average molecular weight is 443 g/mol. The van der Waals surface area contributed by atoms with Crippen LogP contribution in [0, 0.1) is 13.8 Å². The van der Waals surface area contributed by atoms with E-state index in [4.69, 9.17) is 4.74 Å². The molecular formula is C27H26N2O4. The molecule has 2 heterocycles. The summed E-state index contributed by atoms with van der Waals surface area (Å²) in [6, 6.07) is 15.4. The number of hydrogen-bond acceptors (Lipinski definition) is 5. The van der Waals surface area contributed by atoms with Gasteiger partial charge >= 0.3 is 0 Å². The molecule has 6 nitrogen and oxygen atoms in total. The molecule has 1 atom stereocenters. The molecule has 0 bridgehead atoms. The van der Waals surface area contributed by atoms with Crippen molar-refractivity contribution in [3.8, 4) is 5.75 Å². The number of anilines is 1. The molecule has 1 aliphatic heterocycles. The zero-order valence-corrected chi connectivity index (χ0v) is 19.1. The Hall–Kier alpha value is -3.93. The number of carbonyl (C=O) groups is 2. The minimum Gasteiger partial charge on any atom is -0.507 e. The third-order valence-electron chi connectivity index (χ3n) is 5.57. The third kappa shape index (κ3) is 4.24. The number of aryl methyl sites for hydroxylation is 2. The van der Waals surface area contributed by atoms with Crippen LogP contribution < -0.4 is 9.64 Å². The highest BCUT2D eigenvalue weighted by Crippen LogP contribution is 2.43. The van der Waals surface area contributed by atoms with Crippen molar-refractivity contribution >= 4 is 23.1 Å². The van der Waals surface area contributed by atoms with Gasteiger partial charge in [0.15, 0.2) is 0 Å². The topological polar surface area (TPSA) is 79.7 Å². The van der Waals surface area contributed by atoms with E-state index in [0.717, 1.165) is 11.1 Å². The monoisotopic (exact) mass is 442 g/mol.